The number of benzene rings is 2. The summed E-state index contributed by atoms with van der Waals surface area (Å²) in [5, 5.41) is 12.1. The second-order valence-corrected chi connectivity index (χ2v) is 11.3. The van der Waals surface area contributed by atoms with Crippen LogP contribution in [0.4, 0.5) is 5.69 Å². The summed E-state index contributed by atoms with van der Waals surface area (Å²) in [7, 11) is -2.76. The van der Waals surface area contributed by atoms with Gasteiger partial charge in [-0.25, -0.2) is 4.98 Å². The third kappa shape index (κ3) is 8.21. The number of methoxy groups -OCH3 is 1. The van der Waals surface area contributed by atoms with E-state index in [9.17, 15) is 18.3 Å². The first kappa shape index (κ1) is 31.3. The lowest BCUT2D eigenvalue weighted by atomic mass is 10.1. The second kappa shape index (κ2) is 14.5. The van der Waals surface area contributed by atoms with Crippen LogP contribution in [0, 0.1) is 0 Å². The van der Waals surface area contributed by atoms with Gasteiger partial charge in [-0.2, -0.15) is 8.42 Å². The Bertz CT molecular complexity index is 1630. The van der Waals surface area contributed by atoms with Crippen LogP contribution in [0.25, 0.3) is 0 Å². The third-order valence-corrected chi connectivity index (χ3v) is 7.57. The number of hydrogen-bond acceptors (Lipinski definition) is 9. The largest absolute Gasteiger partial charge is 0.493 e. The molecule has 226 valence electrons. The summed E-state index contributed by atoms with van der Waals surface area (Å²) < 4.78 is 46.8. The summed E-state index contributed by atoms with van der Waals surface area (Å²) in [6.07, 6.45) is 3.67. The number of pyridine rings is 2. The van der Waals surface area contributed by atoms with E-state index in [0.29, 0.717) is 12.2 Å². The molecule has 2 aromatic heterocycles. The van der Waals surface area contributed by atoms with E-state index in [1.165, 1.54) is 31.5 Å². The minimum absolute atomic E-state index is 0.0261. The Morgan fingerprint density at radius 1 is 0.977 bits per heavy atom. The zero-order chi connectivity index (χ0) is 30.8. The van der Waals surface area contributed by atoms with Crippen LogP contribution in [0.3, 0.4) is 0 Å². The van der Waals surface area contributed by atoms with Crippen molar-refractivity contribution in [1.29, 1.82) is 0 Å². The SMILES string of the molecule is COc1ccccc1Oc1c(NS(=O)(=O)c2ccc(C(C)C)cn2)cc(C(=O)NCCc2ccccn2)cc1OCCO. The van der Waals surface area contributed by atoms with E-state index in [4.69, 9.17) is 14.2 Å². The van der Waals surface area contributed by atoms with Crippen LogP contribution in [0.15, 0.2) is 84.1 Å². The van der Waals surface area contributed by atoms with Crippen molar-refractivity contribution in [3.63, 3.8) is 0 Å². The smallest absolute Gasteiger partial charge is 0.279 e. The molecule has 0 aliphatic heterocycles. The van der Waals surface area contributed by atoms with Gasteiger partial charge in [0.05, 0.1) is 19.4 Å². The van der Waals surface area contributed by atoms with Gasteiger partial charge in [-0.3, -0.25) is 14.5 Å². The van der Waals surface area contributed by atoms with Crippen LogP contribution >= 0.6 is 0 Å². The predicted octanol–water partition coefficient (Wildman–Crippen LogP) is 4.55. The van der Waals surface area contributed by atoms with E-state index in [0.717, 1.165) is 11.3 Å². The van der Waals surface area contributed by atoms with Gasteiger partial charge in [0, 0.05) is 36.6 Å². The number of carbonyl (C=O) groups excluding carboxylic acids is 1. The highest BCUT2D eigenvalue weighted by molar-refractivity contribution is 7.92. The number of hydrogen-bond donors (Lipinski definition) is 3. The van der Waals surface area contributed by atoms with Gasteiger partial charge in [0.2, 0.25) is 0 Å². The van der Waals surface area contributed by atoms with E-state index in [-0.39, 0.29) is 59.2 Å². The summed E-state index contributed by atoms with van der Waals surface area (Å²) >= 11 is 0. The maximum absolute atomic E-state index is 13.5. The van der Waals surface area contributed by atoms with E-state index < -0.39 is 15.9 Å². The number of aromatic nitrogens is 2. The third-order valence-electron chi connectivity index (χ3n) is 6.29. The van der Waals surface area contributed by atoms with Crippen molar-refractivity contribution in [3.8, 4) is 23.0 Å². The molecule has 2 heterocycles. The second-order valence-electron chi connectivity index (χ2n) is 9.69. The summed E-state index contributed by atoms with van der Waals surface area (Å²) in [6, 6.07) is 18.2. The van der Waals surface area contributed by atoms with Crippen LogP contribution < -0.4 is 24.2 Å². The normalized spacial score (nSPS) is 11.2. The number of sulfonamides is 1. The number of aliphatic hydroxyl groups is 1. The topological polar surface area (TPSA) is 149 Å². The molecule has 0 fully saturated rings. The molecule has 2 aromatic carbocycles. The van der Waals surface area contributed by atoms with Gasteiger partial charge in [-0.15, -0.1) is 0 Å². The highest BCUT2D eigenvalue weighted by Gasteiger charge is 2.25. The first-order valence-electron chi connectivity index (χ1n) is 13.6. The number of aliphatic hydroxyl groups excluding tert-OH is 1. The Balaban J connectivity index is 1.74. The van der Waals surface area contributed by atoms with Crippen molar-refractivity contribution < 1.29 is 32.5 Å². The number of nitrogens with zero attached hydrogens (tertiary/aromatic N) is 2. The van der Waals surface area contributed by atoms with Gasteiger partial charge in [-0.05, 0) is 53.9 Å². The molecule has 0 spiro atoms. The number of ether oxygens (including phenoxy) is 3. The number of rotatable bonds is 14. The molecule has 0 saturated heterocycles. The molecular weight excluding hydrogens is 572 g/mol. The van der Waals surface area contributed by atoms with E-state index in [2.05, 4.69) is 20.0 Å². The van der Waals surface area contributed by atoms with Crippen LogP contribution in [0.2, 0.25) is 0 Å². The molecular formula is C31H34N4O7S. The average Bonchev–Trinajstić information content (AvgIpc) is 3.01. The number of amides is 1. The zero-order valence-corrected chi connectivity index (χ0v) is 24.9. The van der Waals surface area contributed by atoms with E-state index >= 15 is 0 Å². The van der Waals surface area contributed by atoms with Gasteiger partial charge < -0.3 is 24.6 Å². The van der Waals surface area contributed by atoms with Gasteiger partial charge in [-0.1, -0.05) is 38.1 Å². The summed E-state index contributed by atoms with van der Waals surface area (Å²) in [6.45, 7) is 3.77. The number of para-hydroxylation sites is 2. The Morgan fingerprint density at radius 2 is 1.74 bits per heavy atom. The van der Waals surface area contributed by atoms with Crippen LogP contribution in [0.5, 0.6) is 23.0 Å². The van der Waals surface area contributed by atoms with Crippen molar-refractivity contribution in [2.75, 3.05) is 31.6 Å². The van der Waals surface area contributed by atoms with Gasteiger partial charge >= 0.3 is 0 Å². The molecule has 0 aliphatic rings. The first-order chi connectivity index (χ1) is 20.7. The van der Waals surface area contributed by atoms with Crippen molar-refractivity contribution in [2.24, 2.45) is 0 Å². The van der Waals surface area contributed by atoms with Crippen molar-refractivity contribution >= 4 is 21.6 Å². The molecule has 43 heavy (non-hydrogen) atoms. The zero-order valence-electron chi connectivity index (χ0n) is 24.1. The van der Waals surface area contributed by atoms with Crippen LogP contribution in [-0.2, 0) is 16.4 Å². The van der Waals surface area contributed by atoms with Crippen LogP contribution in [0.1, 0.15) is 41.4 Å². The fraction of sp³-hybridized carbons (Fsp3) is 0.258. The Labute approximate surface area is 250 Å². The molecule has 0 aliphatic carbocycles. The lowest BCUT2D eigenvalue weighted by Crippen LogP contribution is -2.26. The quantitative estimate of drug-likeness (QED) is 0.188. The monoisotopic (exact) mass is 606 g/mol. The molecule has 0 unspecified atom stereocenters. The van der Waals surface area contributed by atoms with Crippen LogP contribution in [-0.4, -0.2) is 56.3 Å². The summed E-state index contributed by atoms with van der Waals surface area (Å²) in [5.74, 6) is 0.326. The lowest BCUT2D eigenvalue weighted by molar-refractivity contribution is 0.0953. The highest BCUT2D eigenvalue weighted by atomic mass is 32.2. The molecule has 0 atom stereocenters. The minimum atomic E-state index is -4.24. The van der Waals surface area contributed by atoms with E-state index in [1.807, 2.05) is 26.0 Å². The Hall–Kier alpha value is -4.68. The lowest BCUT2D eigenvalue weighted by Gasteiger charge is -2.20. The molecule has 11 nitrogen and oxygen atoms in total. The molecule has 4 aromatic rings. The molecule has 12 heteroatoms. The number of nitrogens with one attached hydrogen (secondary N) is 2. The Kier molecular flexibility index (Phi) is 10.5. The van der Waals surface area contributed by atoms with E-state index in [1.54, 1.807) is 42.6 Å². The summed E-state index contributed by atoms with van der Waals surface area (Å²) in [5.41, 5.74) is 1.70. The van der Waals surface area contributed by atoms with Gasteiger partial charge in [0.25, 0.3) is 15.9 Å². The molecule has 0 saturated carbocycles. The van der Waals surface area contributed by atoms with Gasteiger partial charge in [0.1, 0.15) is 6.61 Å². The number of anilines is 1. The minimum Gasteiger partial charge on any atom is -0.493 e. The predicted molar refractivity (Wildman–Crippen MR) is 161 cm³/mol. The van der Waals surface area contributed by atoms with Crippen molar-refractivity contribution in [1.82, 2.24) is 15.3 Å². The highest BCUT2D eigenvalue weighted by Crippen LogP contribution is 2.43. The molecule has 1 amide bonds. The summed E-state index contributed by atoms with van der Waals surface area (Å²) in [4.78, 5) is 21.6. The van der Waals surface area contributed by atoms with Crippen molar-refractivity contribution in [3.05, 3.63) is 95.9 Å². The maximum atomic E-state index is 13.5. The fourth-order valence-electron chi connectivity index (χ4n) is 4.03. The number of carbonyl (C=O) groups is 1. The first-order valence-corrected chi connectivity index (χ1v) is 15.1. The fourth-order valence-corrected chi connectivity index (χ4v) is 5.02. The Morgan fingerprint density at radius 3 is 2.40 bits per heavy atom. The average molecular weight is 607 g/mol. The molecule has 0 bridgehead atoms. The maximum Gasteiger partial charge on any atom is 0.279 e. The molecule has 0 radical (unpaired) electrons. The standard InChI is InChI=1S/C31H34N4O7S/c1-21(2)22-11-12-29(34-20-22)43(38,39)35-25-18-23(31(37)33-15-13-24-8-6-7-14-32-24)19-28(41-17-16-36)30(25)42-27-10-5-4-9-26(27)40-3/h4-12,14,18-21,35-36H,13,15-17H2,1-3H3,(H,33,37). The molecule has 3 N–H and O–H groups in total. The van der Waals surface area contributed by atoms with Crippen molar-refractivity contribution in [2.45, 2.75) is 31.2 Å². The molecule has 4 rings (SSSR count). The van der Waals surface area contributed by atoms with Gasteiger partial charge in [0.15, 0.2) is 28.0 Å².